The van der Waals surface area contributed by atoms with Gasteiger partial charge in [0, 0.05) is 35.1 Å². The molecular formula is C19H20FIN6O3S. The van der Waals surface area contributed by atoms with Gasteiger partial charge in [-0.2, -0.15) is 14.4 Å². The molecule has 9 nitrogen and oxygen atoms in total. The summed E-state index contributed by atoms with van der Waals surface area (Å²) >= 11 is 2.21. The molecule has 2 aromatic heterocycles. The second kappa shape index (κ2) is 8.39. The molecule has 3 N–H and O–H groups in total. The number of Topliss-reactive ketones (excluding diaryl/α,β-unsaturated/α-hetero) is 1. The van der Waals surface area contributed by atoms with Crippen molar-refractivity contribution in [3.63, 3.8) is 0 Å². The van der Waals surface area contributed by atoms with E-state index in [0.717, 1.165) is 21.1 Å². The van der Waals surface area contributed by atoms with Crippen molar-refractivity contribution in [3.05, 3.63) is 44.3 Å². The van der Waals surface area contributed by atoms with Gasteiger partial charge in [0.25, 0.3) is 0 Å². The van der Waals surface area contributed by atoms with Crippen LogP contribution in [0.25, 0.3) is 11.2 Å². The number of imidazole rings is 1. The molecular weight excluding hydrogens is 538 g/mol. The van der Waals surface area contributed by atoms with Crippen LogP contribution in [0.1, 0.15) is 40.7 Å². The molecule has 0 bridgehead atoms. The van der Waals surface area contributed by atoms with Crippen molar-refractivity contribution in [1.29, 1.82) is 0 Å². The molecule has 0 fully saturated rings. The Balaban J connectivity index is 1.78. The minimum atomic E-state index is -3.52. The van der Waals surface area contributed by atoms with Gasteiger partial charge in [0.15, 0.2) is 22.8 Å². The Hall–Kier alpha value is -2.19. The lowest BCUT2D eigenvalue weighted by Gasteiger charge is -2.11. The second-order valence-electron chi connectivity index (χ2n) is 7.25. The first kappa shape index (κ1) is 22.0. The SMILES string of the molecule is CCNS(=O)(=O)CCn1c(Cc2cc3c(cc2I)CCC3=O)nc2c(N)nc(F)nc21. The maximum absolute atomic E-state index is 13.9. The van der Waals surface area contributed by atoms with Crippen molar-refractivity contribution >= 4 is 55.4 Å². The average molecular weight is 558 g/mol. The molecule has 0 saturated heterocycles. The number of nitrogens with zero attached hydrogens (tertiary/aromatic N) is 4. The predicted octanol–water partition coefficient (Wildman–Crippen LogP) is 1.81. The number of fused-ring (bicyclic) bond motifs is 2. The van der Waals surface area contributed by atoms with Crippen molar-refractivity contribution in [1.82, 2.24) is 24.2 Å². The van der Waals surface area contributed by atoms with Gasteiger partial charge in [-0.3, -0.25) is 4.79 Å². The fraction of sp³-hybridized carbons (Fsp3) is 0.368. The van der Waals surface area contributed by atoms with Crippen LogP contribution in [0.15, 0.2) is 12.1 Å². The summed E-state index contributed by atoms with van der Waals surface area (Å²) < 4.78 is 43.1. The highest BCUT2D eigenvalue weighted by molar-refractivity contribution is 14.1. The van der Waals surface area contributed by atoms with E-state index >= 15 is 0 Å². The van der Waals surface area contributed by atoms with Gasteiger partial charge in [-0.1, -0.05) is 6.92 Å². The molecule has 4 rings (SSSR count). The minimum Gasteiger partial charge on any atom is -0.382 e. The quantitative estimate of drug-likeness (QED) is 0.334. The number of carbonyl (C=O) groups excluding carboxylic acids is 1. The van der Waals surface area contributed by atoms with E-state index in [1.165, 1.54) is 0 Å². The van der Waals surface area contributed by atoms with E-state index in [1.54, 1.807) is 11.5 Å². The lowest BCUT2D eigenvalue weighted by molar-refractivity contribution is 0.0994. The van der Waals surface area contributed by atoms with Gasteiger partial charge in [-0.25, -0.2) is 18.1 Å². The highest BCUT2D eigenvalue weighted by Crippen LogP contribution is 2.29. The molecule has 0 amide bonds. The van der Waals surface area contributed by atoms with E-state index in [9.17, 15) is 17.6 Å². The average Bonchev–Trinajstić information content (AvgIpc) is 3.21. The van der Waals surface area contributed by atoms with Gasteiger partial charge < -0.3 is 10.3 Å². The van der Waals surface area contributed by atoms with Crippen LogP contribution in [0.4, 0.5) is 10.2 Å². The molecule has 1 aliphatic carbocycles. The number of sulfonamides is 1. The Kier molecular flexibility index (Phi) is 5.96. The molecule has 0 saturated carbocycles. The first-order valence-corrected chi connectivity index (χ1v) is 12.4. The number of nitrogens with one attached hydrogen (secondary N) is 1. The maximum atomic E-state index is 13.9. The number of anilines is 1. The van der Waals surface area contributed by atoms with Crippen LogP contribution < -0.4 is 10.5 Å². The number of nitrogens with two attached hydrogens (primary N) is 1. The number of aryl methyl sites for hydroxylation is 2. The number of nitrogen functional groups attached to an aromatic ring is 1. The Morgan fingerprint density at radius 3 is 2.77 bits per heavy atom. The molecule has 0 spiro atoms. The fourth-order valence-electron chi connectivity index (χ4n) is 3.73. The second-order valence-corrected chi connectivity index (χ2v) is 10.3. The molecule has 3 aromatic rings. The van der Waals surface area contributed by atoms with E-state index in [2.05, 4.69) is 42.3 Å². The van der Waals surface area contributed by atoms with E-state index in [-0.39, 0.29) is 41.6 Å². The van der Waals surface area contributed by atoms with Crippen LogP contribution in [0.3, 0.4) is 0 Å². The van der Waals surface area contributed by atoms with Crippen molar-refractivity contribution in [3.8, 4) is 0 Å². The maximum Gasteiger partial charge on any atom is 0.312 e. The van der Waals surface area contributed by atoms with Crippen LogP contribution in [-0.4, -0.2) is 46.0 Å². The highest BCUT2D eigenvalue weighted by atomic mass is 127. The third-order valence-corrected chi connectivity index (χ3v) is 7.62. The predicted molar refractivity (Wildman–Crippen MR) is 122 cm³/mol. The largest absolute Gasteiger partial charge is 0.382 e. The Labute approximate surface area is 191 Å². The summed E-state index contributed by atoms with van der Waals surface area (Å²) in [6, 6.07) is 3.85. The van der Waals surface area contributed by atoms with Crippen molar-refractivity contribution in [2.24, 2.45) is 0 Å². The number of rotatable bonds is 7. The summed E-state index contributed by atoms with van der Waals surface area (Å²) in [4.78, 5) is 24.0. The van der Waals surface area contributed by atoms with Crippen molar-refractivity contribution in [2.45, 2.75) is 32.7 Å². The molecule has 1 aromatic carbocycles. The fourth-order valence-corrected chi connectivity index (χ4v) is 5.46. The van der Waals surface area contributed by atoms with Crippen LogP contribution >= 0.6 is 22.6 Å². The van der Waals surface area contributed by atoms with Gasteiger partial charge in [-0.15, -0.1) is 0 Å². The van der Waals surface area contributed by atoms with Gasteiger partial charge >= 0.3 is 6.08 Å². The van der Waals surface area contributed by atoms with Gasteiger partial charge in [0.1, 0.15) is 5.82 Å². The van der Waals surface area contributed by atoms with Crippen molar-refractivity contribution < 1.29 is 17.6 Å². The van der Waals surface area contributed by atoms with Crippen LogP contribution in [-0.2, 0) is 29.4 Å². The summed E-state index contributed by atoms with van der Waals surface area (Å²) in [7, 11) is -3.52. The zero-order chi connectivity index (χ0) is 22.3. The van der Waals surface area contributed by atoms with Crippen LogP contribution in [0.2, 0.25) is 0 Å². The third-order valence-electron chi connectivity index (χ3n) is 5.16. The zero-order valence-electron chi connectivity index (χ0n) is 16.7. The number of benzene rings is 1. The molecule has 31 heavy (non-hydrogen) atoms. The van der Waals surface area contributed by atoms with Crippen LogP contribution in [0.5, 0.6) is 0 Å². The van der Waals surface area contributed by atoms with E-state index < -0.39 is 16.1 Å². The van der Waals surface area contributed by atoms with E-state index in [4.69, 9.17) is 5.73 Å². The first-order valence-electron chi connectivity index (χ1n) is 9.68. The molecule has 0 aliphatic heterocycles. The molecule has 2 heterocycles. The number of hydrogen-bond acceptors (Lipinski definition) is 7. The number of carbonyl (C=O) groups is 1. The van der Waals surface area contributed by atoms with Crippen molar-refractivity contribution in [2.75, 3.05) is 18.0 Å². The Bertz CT molecular complexity index is 1310. The third kappa shape index (κ3) is 4.41. The molecule has 0 radical (unpaired) electrons. The van der Waals surface area contributed by atoms with Gasteiger partial charge in [0.05, 0.1) is 5.75 Å². The van der Waals surface area contributed by atoms with Crippen LogP contribution in [0, 0.1) is 9.65 Å². The summed E-state index contributed by atoms with van der Waals surface area (Å²) in [6.07, 6.45) is 0.528. The highest BCUT2D eigenvalue weighted by Gasteiger charge is 2.23. The molecule has 0 atom stereocenters. The van der Waals surface area contributed by atoms with Gasteiger partial charge in [-0.05, 0) is 52.3 Å². The summed E-state index contributed by atoms with van der Waals surface area (Å²) in [6.45, 7) is 1.97. The van der Waals surface area contributed by atoms with Gasteiger partial charge in [0.2, 0.25) is 10.0 Å². The molecule has 1 aliphatic rings. The number of aromatic nitrogens is 4. The Morgan fingerprint density at radius 1 is 1.26 bits per heavy atom. The Morgan fingerprint density at radius 2 is 2.03 bits per heavy atom. The van der Waals surface area contributed by atoms with E-state index in [1.807, 2.05) is 12.1 Å². The summed E-state index contributed by atoms with van der Waals surface area (Å²) in [5.74, 6) is 0.229. The first-order chi connectivity index (χ1) is 14.7. The standard InChI is InChI=1S/C19H20FIN6O3S/c1-2-23-31(29,30)6-5-27-15(24-16-17(22)25-19(20)26-18(16)27)9-11-7-12-10(8-13(11)21)3-4-14(12)28/h7-8,23H,2-6,9H2,1H3,(H2,22,25,26). The molecule has 0 unspecified atom stereocenters. The number of halogens is 2. The molecule has 164 valence electrons. The monoisotopic (exact) mass is 558 g/mol. The summed E-state index contributed by atoms with van der Waals surface area (Å²) in [5.41, 5.74) is 8.79. The zero-order valence-corrected chi connectivity index (χ0v) is 19.6. The lowest BCUT2D eigenvalue weighted by atomic mass is 10.0. The topological polar surface area (TPSA) is 133 Å². The number of ketones is 1. The molecule has 12 heteroatoms. The smallest absolute Gasteiger partial charge is 0.312 e. The minimum absolute atomic E-state index is 0.0114. The van der Waals surface area contributed by atoms with E-state index in [0.29, 0.717) is 24.2 Å². The number of hydrogen-bond donors (Lipinski definition) is 2. The normalized spacial score (nSPS) is 13.8. The summed E-state index contributed by atoms with van der Waals surface area (Å²) in [5, 5.41) is 0. The lowest BCUT2D eigenvalue weighted by Crippen LogP contribution is -2.28.